The summed E-state index contributed by atoms with van der Waals surface area (Å²) in [6.45, 7) is 4.02. The fourth-order valence-electron chi connectivity index (χ4n) is 3.41. The van der Waals surface area contributed by atoms with Crippen LogP contribution in [0.15, 0.2) is 60.7 Å². The third kappa shape index (κ3) is 3.81. The largest absolute Gasteiger partial charge is 0.427 e. The van der Waals surface area contributed by atoms with Crippen molar-refractivity contribution in [3.63, 3.8) is 0 Å². The summed E-state index contributed by atoms with van der Waals surface area (Å²) in [7, 11) is 0. The summed E-state index contributed by atoms with van der Waals surface area (Å²) in [6, 6.07) is 18.9. The molecule has 0 saturated carbocycles. The summed E-state index contributed by atoms with van der Waals surface area (Å²) in [5.74, 6) is 0.862. The first-order chi connectivity index (χ1) is 13.6. The number of hydrogen-bond acceptors (Lipinski definition) is 5. The van der Waals surface area contributed by atoms with Crippen LogP contribution in [-0.2, 0) is 4.79 Å². The number of rotatable bonds is 3. The van der Waals surface area contributed by atoms with Crippen molar-refractivity contribution in [3.05, 3.63) is 66.2 Å². The quantitative estimate of drug-likeness (QED) is 0.520. The van der Waals surface area contributed by atoms with Gasteiger partial charge in [-0.3, -0.25) is 9.59 Å². The van der Waals surface area contributed by atoms with E-state index in [2.05, 4.69) is 11.0 Å². The number of esters is 1. The third-order valence-corrected chi connectivity index (χ3v) is 4.82. The maximum Gasteiger partial charge on any atom is 0.308 e. The predicted molar refractivity (Wildman–Crippen MR) is 108 cm³/mol. The zero-order valence-electron chi connectivity index (χ0n) is 15.7. The first-order valence-corrected chi connectivity index (χ1v) is 9.29. The van der Waals surface area contributed by atoms with Crippen molar-refractivity contribution in [1.82, 2.24) is 9.88 Å². The number of carbonyl (C=O) groups is 2. The van der Waals surface area contributed by atoms with E-state index in [-0.39, 0.29) is 5.91 Å². The van der Waals surface area contributed by atoms with Crippen molar-refractivity contribution in [2.75, 3.05) is 31.1 Å². The molecule has 1 saturated heterocycles. The number of anilines is 1. The summed E-state index contributed by atoms with van der Waals surface area (Å²) in [5.41, 5.74) is 1.50. The van der Waals surface area contributed by atoms with Gasteiger partial charge in [0.2, 0.25) is 0 Å². The van der Waals surface area contributed by atoms with E-state index in [0.717, 1.165) is 29.8 Å². The average molecular weight is 375 g/mol. The molecule has 28 heavy (non-hydrogen) atoms. The molecule has 0 N–H and O–H groups in total. The topological polar surface area (TPSA) is 62.7 Å². The van der Waals surface area contributed by atoms with Crippen molar-refractivity contribution >= 4 is 28.6 Å². The van der Waals surface area contributed by atoms with Crippen LogP contribution in [0.2, 0.25) is 0 Å². The molecule has 6 heteroatoms. The molecule has 0 atom stereocenters. The molecule has 0 unspecified atom stereocenters. The van der Waals surface area contributed by atoms with Crippen LogP contribution in [0.25, 0.3) is 10.9 Å². The first kappa shape index (κ1) is 18.0. The number of nitrogens with zero attached hydrogens (tertiary/aromatic N) is 3. The number of benzene rings is 2. The van der Waals surface area contributed by atoms with Crippen molar-refractivity contribution in [2.45, 2.75) is 6.92 Å². The highest BCUT2D eigenvalue weighted by atomic mass is 16.5. The fraction of sp³-hybridized carbons (Fsp3) is 0.227. The van der Waals surface area contributed by atoms with Gasteiger partial charge in [-0.15, -0.1) is 0 Å². The molecule has 0 aliphatic carbocycles. The lowest BCUT2D eigenvalue weighted by Crippen LogP contribution is -2.49. The Morgan fingerprint density at radius 1 is 0.929 bits per heavy atom. The standard InChI is InChI=1S/C22H21N3O3/c1-16(26)28-19-7-4-6-18(15-19)22(27)25-13-11-24(12-14-25)21-10-9-17-5-2-3-8-20(17)23-21/h2-10,15H,11-14H2,1H3. The molecule has 1 aliphatic rings. The lowest BCUT2D eigenvalue weighted by molar-refractivity contribution is -0.131. The van der Waals surface area contributed by atoms with Crippen LogP contribution in [0.1, 0.15) is 17.3 Å². The van der Waals surface area contributed by atoms with Gasteiger partial charge in [0.15, 0.2) is 0 Å². The molecule has 0 bridgehead atoms. The molecule has 0 spiro atoms. The van der Waals surface area contributed by atoms with Gasteiger partial charge < -0.3 is 14.5 Å². The van der Waals surface area contributed by atoms with Gasteiger partial charge in [0.05, 0.1) is 5.52 Å². The van der Waals surface area contributed by atoms with Gasteiger partial charge >= 0.3 is 5.97 Å². The van der Waals surface area contributed by atoms with Crippen molar-refractivity contribution < 1.29 is 14.3 Å². The predicted octanol–water partition coefficient (Wildman–Crippen LogP) is 3.12. The van der Waals surface area contributed by atoms with Crippen LogP contribution in [0.4, 0.5) is 5.82 Å². The Labute approximate surface area is 163 Å². The van der Waals surface area contributed by atoms with Gasteiger partial charge in [0.25, 0.3) is 5.91 Å². The monoisotopic (exact) mass is 375 g/mol. The number of amides is 1. The summed E-state index contributed by atoms with van der Waals surface area (Å²) >= 11 is 0. The SMILES string of the molecule is CC(=O)Oc1cccc(C(=O)N2CCN(c3ccc4ccccc4n3)CC2)c1. The third-order valence-electron chi connectivity index (χ3n) is 4.82. The Hall–Kier alpha value is -3.41. The van der Waals surface area contributed by atoms with Gasteiger partial charge in [-0.25, -0.2) is 4.98 Å². The smallest absolute Gasteiger partial charge is 0.308 e. The molecule has 0 radical (unpaired) electrons. The molecule has 4 rings (SSSR count). The molecule has 1 aliphatic heterocycles. The van der Waals surface area contributed by atoms with E-state index < -0.39 is 5.97 Å². The van der Waals surface area contributed by atoms with Gasteiger partial charge in [-0.2, -0.15) is 0 Å². The number of fused-ring (bicyclic) bond motifs is 1. The van der Waals surface area contributed by atoms with Crippen LogP contribution in [0, 0.1) is 0 Å². The molecule has 1 aromatic heterocycles. The van der Waals surface area contributed by atoms with E-state index in [1.165, 1.54) is 6.92 Å². The zero-order chi connectivity index (χ0) is 19.5. The molecular weight excluding hydrogens is 354 g/mol. The normalized spacial score (nSPS) is 14.2. The first-order valence-electron chi connectivity index (χ1n) is 9.29. The second-order valence-electron chi connectivity index (χ2n) is 6.76. The number of aromatic nitrogens is 1. The minimum absolute atomic E-state index is 0.0554. The fourth-order valence-corrected chi connectivity index (χ4v) is 3.41. The average Bonchev–Trinajstić information content (AvgIpc) is 2.73. The summed E-state index contributed by atoms with van der Waals surface area (Å²) < 4.78 is 5.08. The van der Waals surface area contributed by atoms with Gasteiger partial charge in [-0.1, -0.05) is 24.3 Å². The van der Waals surface area contributed by atoms with Gasteiger partial charge in [0.1, 0.15) is 11.6 Å². The van der Waals surface area contributed by atoms with E-state index in [0.29, 0.717) is 24.4 Å². The van der Waals surface area contributed by atoms with Gasteiger partial charge in [0, 0.05) is 44.1 Å². The second kappa shape index (κ2) is 7.68. The highest BCUT2D eigenvalue weighted by molar-refractivity contribution is 5.95. The van der Waals surface area contributed by atoms with Crippen LogP contribution in [0.5, 0.6) is 5.75 Å². The lowest BCUT2D eigenvalue weighted by atomic mass is 10.1. The minimum atomic E-state index is -0.402. The van der Waals surface area contributed by atoms with E-state index >= 15 is 0 Å². The summed E-state index contributed by atoms with van der Waals surface area (Å²) in [5, 5.41) is 1.12. The van der Waals surface area contributed by atoms with Crippen molar-refractivity contribution in [2.24, 2.45) is 0 Å². The summed E-state index contributed by atoms with van der Waals surface area (Å²) in [6.07, 6.45) is 0. The Kier molecular flexibility index (Phi) is 4.93. The van der Waals surface area contributed by atoms with E-state index in [1.54, 1.807) is 24.3 Å². The maximum atomic E-state index is 12.8. The molecule has 2 heterocycles. The molecule has 1 fully saturated rings. The Balaban J connectivity index is 1.43. The van der Waals surface area contributed by atoms with Crippen LogP contribution in [-0.4, -0.2) is 47.9 Å². The molecule has 2 aromatic carbocycles. The number of pyridine rings is 1. The Morgan fingerprint density at radius 2 is 1.71 bits per heavy atom. The number of carbonyl (C=O) groups excluding carboxylic acids is 2. The zero-order valence-corrected chi connectivity index (χ0v) is 15.7. The molecular formula is C22H21N3O3. The second-order valence-corrected chi connectivity index (χ2v) is 6.76. The van der Waals surface area contributed by atoms with Crippen molar-refractivity contribution in [3.8, 4) is 5.75 Å². The molecule has 6 nitrogen and oxygen atoms in total. The molecule has 142 valence electrons. The maximum absolute atomic E-state index is 12.8. The van der Waals surface area contributed by atoms with Crippen LogP contribution < -0.4 is 9.64 Å². The van der Waals surface area contributed by atoms with Crippen LogP contribution in [0.3, 0.4) is 0 Å². The number of para-hydroxylation sites is 1. The van der Waals surface area contributed by atoms with Crippen molar-refractivity contribution in [1.29, 1.82) is 0 Å². The van der Waals surface area contributed by atoms with E-state index in [4.69, 9.17) is 9.72 Å². The highest BCUT2D eigenvalue weighted by Gasteiger charge is 2.23. The molecule has 1 amide bonds. The number of ether oxygens (including phenoxy) is 1. The summed E-state index contributed by atoms with van der Waals surface area (Å²) in [4.78, 5) is 32.7. The van der Waals surface area contributed by atoms with E-state index in [1.807, 2.05) is 35.2 Å². The number of piperazine rings is 1. The van der Waals surface area contributed by atoms with Crippen LogP contribution >= 0.6 is 0 Å². The minimum Gasteiger partial charge on any atom is -0.427 e. The van der Waals surface area contributed by atoms with Gasteiger partial charge in [-0.05, 0) is 36.4 Å². The highest BCUT2D eigenvalue weighted by Crippen LogP contribution is 2.21. The molecule has 3 aromatic rings. The number of hydrogen-bond donors (Lipinski definition) is 0. The van der Waals surface area contributed by atoms with E-state index in [9.17, 15) is 9.59 Å². The lowest BCUT2D eigenvalue weighted by Gasteiger charge is -2.35. The Bertz CT molecular complexity index is 1030. The Morgan fingerprint density at radius 3 is 2.50 bits per heavy atom.